The Morgan fingerprint density at radius 3 is 2.32 bits per heavy atom. The molecular weight excluding hydrogens is 258 g/mol. The van der Waals surface area contributed by atoms with Gasteiger partial charge in [-0.25, -0.2) is 9.97 Å². The number of rotatable bonds is 2. The van der Waals surface area contributed by atoms with E-state index in [0.29, 0.717) is 5.28 Å². The maximum atomic E-state index is 5.94. The minimum absolute atomic E-state index is 0.289. The lowest BCUT2D eigenvalue weighted by Gasteiger charge is -2.57. The molecule has 4 fully saturated rings. The van der Waals surface area contributed by atoms with Crippen molar-refractivity contribution >= 4 is 17.4 Å². The summed E-state index contributed by atoms with van der Waals surface area (Å²) in [5, 5.41) is 4.11. The first-order valence-electron chi connectivity index (χ1n) is 7.39. The number of hydrogen-bond donors (Lipinski definition) is 1. The molecule has 0 spiro atoms. The fourth-order valence-electron chi connectivity index (χ4n) is 5.06. The van der Waals surface area contributed by atoms with Crippen LogP contribution in [0.25, 0.3) is 0 Å². The highest BCUT2D eigenvalue weighted by Crippen LogP contribution is 2.56. The number of anilines is 1. The standard InChI is InChI=1S/C15H20ClN3/c1-9-8-17-14(16)18-13(9)19-15-5-10-2-11(6-15)4-12(3-10)7-15/h8,10-12H,2-7H2,1H3,(H,17,18,19). The fraction of sp³-hybridized carbons (Fsp3) is 0.733. The van der Waals surface area contributed by atoms with E-state index in [1.165, 1.54) is 38.5 Å². The molecule has 5 rings (SSSR count). The molecule has 1 N–H and O–H groups in total. The first kappa shape index (κ1) is 12.0. The summed E-state index contributed by atoms with van der Waals surface area (Å²) in [7, 11) is 0. The molecular formula is C15H20ClN3. The van der Waals surface area contributed by atoms with Crippen molar-refractivity contribution in [2.45, 2.75) is 51.0 Å². The van der Waals surface area contributed by atoms with Crippen LogP contribution in [0.3, 0.4) is 0 Å². The number of nitrogens with one attached hydrogen (secondary N) is 1. The lowest BCUT2D eigenvalue weighted by atomic mass is 9.53. The van der Waals surface area contributed by atoms with E-state index < -0.39 is 0 Å². The molecule has 4 saturated carbocycles. The molecule has 1 aromatic rings. The third-order valence-electron chi connectivity index (χ3n) is 5.36. The average Bonchev–Trinajstić information content (AvgIpc) is 2.31. The summed E-state index contributed by atoms with van der Waals surface area (Å²) in [4.78, 5) is 8.44. The van der Waals surface area contributed by atoms with Crippen molar-refractivity contribution in [3.05, 3.63) is 17.0 Å². The van der Waals surface area contributed by atoms with Gasteiger partial charge in [-0.2, -0.15) is 0 Å². The molecule has 1 heterocycles. The van der Waals surface area contributed by atoms with Gasteiger partial charge < -0.3 is 5.32 Å². The molecule has 0 atom stereocenters. The Labute approximate surface area is 119 Å². The van der Waals surface area contributed by atoms with Crippen molar-refractivity contribution in [3.63, 3.8) is 0 Å². The van der Waals surface area contributed by atoms with Crippen LogP contribution < -0.4 is 5.32 Å². The minimum atomic E-state index is 0.289. The molecule has 4 heteroatoms. The molecule has 19 heavy (non-hydrogen) atoms. The Morgan fingerprint density at radius 2 is 1.74 bits per heavy atom. The summed E-state index contributed by atoms with van der Waals surface area (Å²) in [6, 6.07) is 0. The van der Waals surface area contributed by atoms with Gasteiger partial charge in [0.25, 0.3) is 0 Å². The van der Waals surface area contributed by atoms with Crippen LogP contribution in [0.1, 0.15) is 44.1 Å². The molecule has 0 aromatic carbocycles. The summed E-state index contributed by atoms with van der Waals surface area (Å²) in [6.45, 7) is 2.05. The van der Waals surface area contributed by atoms with Gasteiger partial charge in [0.15, 0.2) is 0 Å². The highest BCUT2D eigenvalue weighted by molar-refractivity contribution is 6.28. The number of hydrogen-bond acceptors (Lipinski definition) is 3. The van der Waals surface area contributed by atoms with Gasteiger partial charge in [-0.1, -0.05) is 0 Å². The van der Waals surface area contributed by atoms with E-state index in [4.69, 9.17) is 11.6 Å². The van der Waals surface area contributed by atoms with Gasteiger partial charge in [0, 0.05) is 17.3 Å². The SMILES string of the molecule is Cc1cnc(Cl)nc1NC12CC3CC(CC(C3)C1)C2. The van der Waals surface area contributed by atoms with Gasteiger partial charge in [-0.05, 0) is 74.8 Å². The first-order chi connectivity index (χ1) is 9.12. The van der Waals surface area contributed by atoms with Crippen LogP contribution in [-0.4, -0.2) is 15.5 Å². The topological polar surface area (TPSA) is 37.8 Å². The van der Waals surface area contributed by atoms with Crippen LogP contribution in [-0.2, 0) is 0 Å². The summed E-state index contributed by atoms with van der Waals surface area (Å²) in [5.41, 5.74) is 1.39. The van der Waals surface area contributed by atoms with E-state index >= 15 is 0 Å². The number of halogens is 1. The summed E-state index contributed by atoms with van der Waals surface area (Å²) < 4.78 is 0. The van der Waals surface area contributed by atoms with E-state index in [1.807, 2.05) is 6.20 Å². The number of aromatic nitrogens is 2. The summed E-state index contributed by atoms with van der Waals surface area (Å²) >= 11 is 5.94. The van der Waals surface area contributed by atoms with Gasteiger partial charge in [0.2, 0.25) is 5.28 Å². The number of aryl methyl sites for hydroxylation is 1. The Kier molecular flexibility index (Phi) is 2.57. The third kappa shape index (κ3) is 2.03. The van der Waals surface area contributed by atoms with Gasteiger partial charge in [-0.3, -0.25) is 0 Å². The molecule has 0 radical (unpaired) electrons. The molecule has 4 aliphatic carbocycles. The van der Waals surface area contributed by atoms with Crippen LogP contribution in [0.15, 0.2) is 6.20 Å². The number of nitrogens with zero attached hydrogens (tertiary/aromatic N) is 2. The van der Waals surface area contributed by atoms with Gasteiger partial charge in [0.05, 0.1) is 0 Å². The van der Waals surface area contributed by atoms with Crippen LogP contribution >= 0.6 is 11.6 Å². The van der Waals surface area contributed by atoms with Gasteiger partial charge in [-0.15, -0.1) is 0 Å². The van der Waals surface area contributed by atoms with Crippen molar-refractivity contribution in [1.82, 2.24) is 9.97 Å². The zero-order chi connectivity index (χ0) is 13.0. The largest absolute Gasteiger partial charge is 0.364 e. The Bertz CT molecular complexity index is 479. The first-order valence-corrected chi connectivity index (χ1v) is 7.77. The van der Waals surface area contributed by atoms with Crippen LogP contribution in [0.2, 0.25) is 5.28 Å². The Hall–Kier alpha value is -0.830. The molecule has 4 aliphatic rings. The lowest BCUT2D eigenvalue weighted by molar-refractivity contribution is 0.0105. The van der Waals surface area contributed by atoms with Crippen LogP contribution in [0.5, 0.6) is 0 Å². The predicted molar refractivity (Wildman–Crippen MR) is 76.3 cm³/mol. The maximum Gasteiger partial charge on any atom is 0.224 e. The normalized spacial score (nSPS) is 39.6. The fourth-order valence-corrected chi connectivity index (χ4v) is 5.20. The van der Waals surface area contributed by atoms with Crippen molar-refractivity contribution in [2.24, 2.45) is 17.8 Å². The maximum absolute atomic E-state index is 5.94. The summed E-state index contributed by atoms with van der Waals surface area (Å²) in [5.74, 6) is 3.77. The monoisotopic (exact) mass is 277 g/mol. The van der Waals surface area contributed by atoms with E-state index in [9.17, 15) is 0 Å². The Balaban J connectivity index is 1.64. The van der Waals surface area contributed by atoms with Crippen molar-refractivity contribution in [1.29, 1.82) is 0 Å². The quantitative estimate of drug-likeness (QED) is 0.835. The van der Waals surface area contributed by atoms with Crippen molar-refractivity contribution in [2.75, 3.05) is 5.32 Å². The zero-order valence-electron chi connectivity index (χ0n) is 11.3. The summed E-state index contributed by atoms with van der Waals surface area (Å²) in [6.07, 6.45) is 10.2. The highest BCUT2D eigenvalue weighted by Gasteiger charge is 2.51. The minimum Gasteiger partial charge on any atom is -0.364 e. The molecule has 0 unspecified atom stereocenters. The second kappa shape index (κ2) is 4.08. The van der Waals surface area contributed by atoms with Gasteiger partial charge >= 0.3 is 0 Å². The average molecular weight is 278 g/mol. The second-order valence-corrected chi connectivity index (χ2v) is 7.33. The predicted octanol–water partition coefficient (Wildman–Crippen LogP) is 3.82. The molecule has 3 nitrogen and oxygen atoms in total. The highest BCUT2D eigenvalue weighted by atomic mass is 35.5. The molecule has 4 bridgehead atoms. The smallest absolute Gasteiger partial charge is 0.224 e. The molecule has 0 aliphatic heterocycles. The van der Waals surface area contributed by atoms with Crippen molar-refractivity contribution < 1.29 is 0 Å². The van der Waals surface area contributed by atoms with Crippen LogP contribution in [0.4, 0.5) is 5.82 Å². The second-order valence-electron chi connectivity index (χ2n) is 6.99. The van der Waals surface area contributed by atoms with E-state index in [1.54, 1.807) is 0 Å². The zero-order valence-corrected chi connectivity index (χ0v) is 12.1. The van der Waals surface area contributed by atoms with Gasteiger partial charge in [0.1, 0.15) is 5.82 Å². The van der Waals surface area contributed by atoms with Crippen molar-refractivity contribution in [3.8, 4) is 0 Å². The Morgan fingerprint density at radius 1 is 1.16 bits per heavy atom. The van der Waals surface area contributed by atoms with E-state index in [2.05, 4.69) is 22.2 Å². The van der Waals surface area contributed by atoms with E-state index in [-0.39, 0.29) is 5.54 Å². The molecule has 0 amide bonds. The molecule has 0 saturated heterocycles. The lowest BCUT2D eigenvalue weighted by Crippen LogP contribution is -2.55. The van der Waals surface area contributed by atoms with Crippen LogP contribution in [0, 0.1) is 24.7 Å². The van der Waals surface area contributed by atoms with E-state index in [0.717, 1.165) is 29.1 Å². The third-order valence-corrected chi connectivity index (χ3v) is 5.55. The molecule has 1 aromatic heterocycles. The molecule has 102 valence electrons.